The van der Waals surface area contributed by atoms with Gasteiger partial charge in [0.25, 0.3) is 0 Å². The van der Waals surface area contributed by atoms with Gasteiger partial charge in [-0.25, -0.2) is 0 Å². The van der Waals surface area contributed by atoms with Gasteiger partial charge in [-0.1, -0.05) is 13.8 Å². The Hall–Kier alpha value is -1.36. The highest BCUT2D eigenvalue weighted by molar-refractivity contribution is 5.79. The number of aromatic nitrogens is 2. The van der Waals surface area contributed by atoms with Crippen LogP contribution < -0.4 is 11.5 Å². The highest BCUT2D eigenvalue weighted by Gasteiger charge is 2.13. The molecule has 5 heteroatoms. The van der Waals surface area contributed by atoms with Gasteiger partial charge in [0.05, 0.1) is 17.8 Å². The maximum atomic E-state index is 10.8. The molecule has 16 heavy (non-hydrogen) atoms. The van der Waals surface area contributed by atoms with Gasteiger partial charge in [0.15, 0.2) is 0 Å². The maximum absolute atomic E-state index is 10.8. The van der Waals surface area contributed by atoms with Gasteiger partial charge in [-0.05, 0) is 18.9 Å². The Balaban J connectivity index is 2.67. The highest BCUT2D eigenvalue weighted by atomic mass is 16.1. The van der Waals surface area contributed by atoms with Gasteiger partial charge in [0.2, 0.25) is 5.91 Å². The lowest BCUT2D eigenvalue weighted by Crippen LogP contribution is -2.38. The van der Waals surface area contributed by atoms with Crippen molar-refractivity contribution in [3.8, 4) is 0 Å². The number of nitrogens with two attached hydrogens (primary N) is 2. The Morgan fingerprint density at radius 3 is 2.62 bits per heavy atom. The minimum Gasteiger partial charge on any atom is -0.368 e. The van der Waals surface area contributed by atoms with Crippen LogP contribution in [0.25, 0.3) is 0 Å². The molecule has 0 radical (unpaired) electrons. The fourth-order valence-electron chi connectivity index (χ4n) is 1.68. The molecular weight excluding hydrogens is 204 g/mol. The third-order valence-corrected chi connectivity index (χ3v) is 2.77. The smallest absolute Gasteiger partial charge is 0.234 e. The van der Waals surface area contributed by atoms with Crippen molar-refractivity contribution >= 4 is 5.91 Å². The monoisotopic (exact) mass is 224 g/mol. The molecule has 0 aliphatic rings. The second kappa shape index (κ2) is 5.65. The first-order chi connectivity index (χ1) is 7.58. The van der Waals surface area contributed by atoms with Crippen molar-refractivity contribution in [2.75, 3.05) is 0 Å². The van der Waals surface area contributed by atoms with E-state index in [1.165, 1.54) is 0 Å². The zero-order valence-electron chi connectivity index (χ0n) is 9.89. The first-order valence-corrected chi connectivity index (χ1v) is 5.67. The van der Waals surface area contributed by atoms with Gasteiger partial charge in [0.1, 0.15) is 0 Å². The van der Waals surface area contributed by atoms with E-state index in [-0.39, 0.29) is 0 Å². The number of carbonyl (C=O) groups is 1. The molecule has 1 aromatic rings. The third kappa shape index (κ3) is 3.06. The van der Waals surface area contributed by atoms with Crippen LogP contribution in [0.3, 0.4) is 0 Å². The first-order valence-electron chi connectivity index (χ1n) is 5.67. The van der Waals surface area contributed by atoms with Crippen molar-refractivity contribution in [3.05, 3.63) is 18.0 Å². The van der Waals surface area contributed by atoms with E-state index in [0.29, 0.717) is 12.5 Å². The van der Waals surface area contributed by atoms with E-state index in [2.05, 4.69) is 18.9 Å². The largest absolute Gasteiger partial charge is 0.368 e. The molecule has 1 heterocycles. The summed E-state index contributed by atoms with van der Waals surface area (Å²) in [4.78, 5) is 10.8. The molecule has 0 aromatic carbocycles. The Morgan fingerprint density at radius 2 is 2.12 bits per heavy atom. The Labute approximate surface area is 95.8 Å². The van der Waals surface area contributed by atoms with Crippen LogP contribution in [0.2, 0.25) is 0 Å². The quantitative estimate of drug-likeness (QED) is 0.741. The molecule has 0 aliphatic heterocycles. The molecule has 1 amide bonds. The van der Waals surface area contributed by atoms with Gasteiger partial charge in [-0.15, -0.1) is 0 Å². The highest BCUT2D eigenvalue weighted by Crippen LogP contribution is 2.14. The van der Waals surface area contributed by atoms with E-state index in [1.807, 2.05) is 16.9 Å². The zero-order valence-corrected chi connectivity index (χ0v) is 9.89. The van der Waals surface area contributed by atoms with Gasteiger partial charge < -0.3 is 11.5 Å². The van der Waals surface area contributed by atoms with E-state index < -0.39 is 11.9 Å². The minimum absolute atomic E-state index is 0.405. The molecule has 5 nitrogen and oxygen atoms in total. The van der Waals surface area contributed by atoms with E-state index in [9.17, 15) is 4.79 Å². The van der Waals surface area contributed by atoms with Crippen LogP contribution in [0.4, 0.5) is 0 Å². The summed E-state index contributed by atoms with van der Waals surface area (Å²) in [7, 11) is 0. The standard InChI is InChI=1S/C11H20N4O/c1-3-9(4-2)15-6-5-8(14-15)7-10(12)11(13)16/h5-6,9-10H,3-4,7,12H2,1-2H3,(H2,13,16). The fourth-order valence-corrected chi connectivity index (χ4v) is 1.68. The molecule has 4 N–H and O–H groups in total. The summed E-state index contributed by atoms with van der Waals surface area (Å²) in [6, 6.07) is 1.66. The lowest BCUT2D eigenvalue weighted by molar-refractivity contribution is -0.119. The van der Waals surface area contributed by atoms with Crippen molar-refractivity contribution < 1.29 is 4.79 Å². The van der Waals surface area contributed by atoms with Crippen molar-refractivity contribution in [1.29, 1.82) is 0 Å². The average molecular weight is 224 g/mol. The molecule has 1 aromatic heterocycles. The van der Waals surface area contributed by atoms with Crippen molar-refractivity contribution in [3.63, 3.8) is 0 Å². The van der Waals surface area contributed by atoms with Crippen molar-refractivity contribution in [1.82, 2.24) is 9.78 Å². The second-order valence-corrected chi connectivity index (χ2v) is 3.97. The number of nitrogens with zero attached hydrogens (tertiary/aromatic N) is 2. The number of hydrogen-bond donors (Lipinski definition) is 2. The van der Waals surface area contributed by atoms with Crippen LogP contribution in [0.15, 0.2) is 12.3 Å². The summed E-state index contributed by atoms with van der Waals surface area (Å²) in [5.74, 6) is -0.489. The lowest BCUT2D eigenvalue weighted by atomic mass is 10.1. The molecule has 0 fully saturated rings. The number of carbonyl (C=O) groups excluding carboxylic acids is 1. The number of rotatable bonds is 6. The maximum Gasteiger partial charge on any atom is 0.234 e. The van der Waals surface area contributed by atoms with Crippen LogP contribution in [0.5, 0.6) is 0 Å². The molecule has 0 aliphatic carbocycles. The molecule has 1 rings (SSSR count). The zero-order chi connectivity index (χ0) is 12.1. The first kappa shape index (κ1) is 12.7. The molecule has 1 atom stereocenters. The second-order valence-electron chi connectivity index (χ2n) is 3.97. The number of amides is 1. The lowest BCUT2D eigenvalue weighted by Gasteiger charge is -2.12. The van der Waals surface area contributed by atoms with Gasteiger partial charge in [0, 0.05) is 12.6 Å². The minimum atomic E-state index is -0.648. The summed E-state index contributed by atoms with van der Waals surface area (Å²) in [6.07, 6.45) is 4.42. The summed E-state index contributed by atoms with van der Waals surface area (Å²) in [5.41, 5.74) is 11.5. The fraction of sp³-hybridized carbons (Fsp3) is 0.636. The van der Waals surface area contributed by atoms with Crippen molar-refractivity contribution in [2.24, 2.45) is 11.5 Å². The van der Waals surface area contributed by atoms with Gasteiger partial charge >= 0.3 is 0 Å². The summed E-state index contributed by atoms with van der Waals surface area (Å²) >= 11 is 0. The molecular formula is C11H20N4O. The molecule has 0 saturated heterocycles. The van der Waals surface area contributed by atoms with Crippen LogP contribution in [0.1, 0.15) is 38.4 Å². The van der Waals surface area contributed by atoms with Gasteiger partial charge in [-0.3, -0.25) is 9.48 Å². The number of primary amides is 1. The van der Waals surface area contributed by atoms with E-state index >= 15 is 0 Å². The van der Waals surface area contributed by atoms with E-state index in [4.69, 9.17) is 11.5 Å². The molecule has 0 spiro atoms. The third-order valence-electron chi connectivity index (χ3n) is 2.77. The summed E-state index contributed by atoms with van der Waals surface area (Å²) in [6.45, 7) is 4.26. The topological polar surface area (TPSA) is 86.9 Å². The van der Waals surface area contributed by atoms with Crippen LogP contribution in [-0.4, -0.2) is 21.7 Å². The molecule has 1 unspecified atom stereocenters. The van der Waals surface area contributed by atoms with Crippen molar-refractivity contribution in [2.45, 2.75) is 45.2 Å². The predicted octanol–water partition coefficient (Wildman–Crippen LogP) is 0.599. The normalized spacial score (nSPS) is 13.0. The van der Waals surface area contributed by atoms with Crippen LogP contribution >= 0.6 is 0 Å². The van der Waals surface area contributed by atoms with E-state index in [1.54, 1.807) is 0 Å². The molecule has 0 bridgehead atoms. The molecule has 0 saturated carbocycles. The van der Waals surface area contributed by atoms with Crippen LogP contribution in [-0.2, 0) is 11.2 Å². The Kier molecular flexibility index (Phi) is 4.49. The van der Waals surface area contributed by atoms with Crippen LogP contribution in [0, 0.1) is 0 Å². The predicted molar refractivity (Wildman–Crippen MR) is 62.7 cm³/mol. The Morgan fingerprint density at radius 1 is 1.50 bits per heavy atom. The van der Waals surface area contributed by atoms with E-state index in [0.717, 1.165) is 18.5 Å². The number of hydrogen-bond acceptors (Lipinski definition) is 3. The SMILES string of the molecule is CCC(CC)n1ccc(CC(N)C(N)=O)n1. The Bertz CT molecular complexity index is 344. The summed E-state index contributed by atoms with van der Waals surface area (Å²) in [5, 5.41) is 4.40. The average Bonchev–Trinajstić information content (AvgIpc) is 2.68. The molecule has 90 valence electrons. The summed E-state index contributed by atoms with van der Waals surface area (Å²) < 4.78 is 1.93. The van der Waals surface area contributed by atoms with Gasteiger partial charge in [-0.2, -0.15) is 5.10 Å².